The first-order valence-electron chi connectivity index (χ1n) is 12.6. The highest BCUT2D eigenvalue weighted by atomic mass is 16.5. The van der Waals surface area contributed by atoms with Crippen LogP contribution in [0.3, 0.4) is 0 Å². The predicted molar refractivity (Wildman–Crippen MR) is 146 cm³/mol. The molecule has 0 fully saturated rings. The van der Waals surface area contributed by atoms with Gasteiger partial charge in [0.05, 0.1) is 30.3 Å². The second-order valence-electron chi connectivity index (χ2n) is 9.66. The van der Waals surface area contributed by atoms with Crippen molar-refractivity contribution in [1.29, 1.82) is 5.26 Å². The first-order valence-corrected chi connectivity index (χ1v) is 12.6. The smallest absolute Gasteiger partial charge is 0.312 e. The number of nitrogens with one attached hydrogen (secondary N) is 2. The summed E-state index contributed by atoms with van der Waals surface area (Å²) in [6.07, 6.45) is 6.51. The molecule has 0 saturated carbocycles. The second-order valence-corrected chi connectivity index (χ2v) is 9.66. The highest BCUT2D eigenvalue weighted by molar-refractivity contribution is 6.01. The molecule has 2 aliphatic rings. The third-order valence-electron chi connectivity index (χ3n) is 6.31. The minimum absolute atomic E-state index is 0.0501. The maximum absolute atomic E-state index is 13.0. The van der Waals surface area contributed by atoms with Crippen molar-refractivity contribution in [3.05, 3.63) is 88.6 Å². The topological polar surface area (TPSA) is 133 Å². The minimum Gasteiger partial charge on any atom is -0.490 e. The Balaban J connectivity index is 1.45. The van der Waals surface area contributed by atoms with E-state index in [0.717, 1.165) is 29.1 Å². The van der Waals surface area contributed by atoms with E-state index in [-0.39, 0.29) is 30.2 Å². The quantitative estimate of drug-likeness (QED) is 0.472. The van der Waals surface area contributed by atoms with Gasteiger partial charge in [0.2, 0.25) is 0 Å². The maximum Gasteiger partial charge on any atom is 0.312 e. The zero-order valence-electron chi connectivity index (χ0n) is 21.8. The Morgan fingerprint density at radius 2 is 2.00 bits per heavy atom. The van der Waals surface area contributed by atoms with Gasteiger partial charge < -0.3 is 26.0 Å². The number of amides is 3. The van der Waals surface area contributed by atoms with Crippen molar-refractivity contribution in [2.24, 2.45) is 10.7 Å². The molecule has 2 aromatic rings. The van der Waals surface area contributed by atoms with E-state index >= 15 is 0 Å². The standard InChI is InChI=1S/C29H32N6O3/c1-18(2)38-26-11-10-22(14-23(26)15-30)28(36)33-24(16-32-29(31)37)13-20-6-8-21(9-7-20)25-17-35-12-4-5-19(3)27(35)34-25/h4-12,14,18,24-25H,13,16-17H2,1-3H3,(H,33,36)(H3,31,32,37)/t24-,25?/m0/s1. The van der Waals surface area contributed by atoms with Crippen LogP contribution in [0.1, 0.15) is 53.9 Å². The summed E-state index contributed by atoms with van der Waals surface area (Å²) < 4.78 is 5.64. The number of fused-ring (bicyclic) bond motifs is 1. The molecule has 2 heterocycles. The van der Waals surface area contributed by atoms with Gasteiger partial charge in [-0.05, 0) is 68.2 Å². The van der Waals surface area contributed by atoms with E-state index in [2.05, 4.69) is 46.7 Å². The molecule has 0 aliphatic carbocycles. The van der Waals surface area contributed by atoms with Crippen molar-refractivity contribution < 1.29 is 14.3 Å². The minimum atomic E-state index is -0.670. The molecule has 196 valence electrons. The van der Waals surface area contributed by atoms with Crippen LogP contribution in [0.5, 0.6) is 5.75 Å². The van der Waals surface area contributed by atoms with Crippen LogP contribution in [0.25, 0.3) is 0 Å². The van der Waals surface area contributed by atoms with E-state index in [1.54, 1.807) is 12.1 Å². The number of amidine groups is 1. The number of primary amides is 1. The Kier molecular flexibility index (Phi) is 8.12. The Morgan fingerprint density at radius 1 is 1.24 bits per heavy atom. The summed E-state index contributed by atoms with van der Waals surface area (Å²) in [6, 6.07) is 13.9. The number of benzene rings is 2. The monoisotopic (exact) mass is 512 g/mol. The van der Waals surface area contributed by atoms with Crippen LogP contribution in [-0.4, -0.2) is 47.9 Å². The average molecular weight is 513 g/mol. The molecule has 0 spiro atoms. The Bertz CT molecular complexity index is 1340. The third kappa shape index (κ3) is 6.40. The van der Waals surface area contributed by atoms with Crippen LogP contribution in [0.15, 0.2) is 71.4 Å². The predicted octanol–water partition coefficient (Wildman–Crippen LogP) is 3.58. The molecule has 2 aromatic carbocycles. The fourth-order valence-electron chi connectivity index (χ4n) is 4.48. The number of nitrogens with zero attached hydrogens (tertiary/aromatic N) is 3. The highest BCUT2D eigenvalue weighted by Crippen LogP contribution is 2.29. The molecule has 0 saturated heterocycles. The van der Waals surface area contributed by atoms with E-state index in [1.807, 2.05) is 38.3 Å². The first kappa shape index (κ1) is 26.5. The number of aliphatic imine (C=N–C) groups is 1. The van der Waals surface area contributed by atoms with Gasteiger partial charge in [-0.2, -0.15) is 5.26 Å². The van der Waals surface area contributed by atoms with Gasteiger partial charge in [-0.1, -0.05) is 30.3 Å². The molecule has 4 rings (SSSR count). The van der Waals surface area contributed by atoms with E-state index < -0.39 is 12.1 Å². The lowest BCUT2D eigenvalue weighted by molar-refractivity contribution is 0.0936. The highest BCUT2D eigenvalue weighted by Gasteiger charge is 2.27. The van der Waals surface area contributed by atoms with Crippen molar-refractivity contribution in [1.82, 2.24) is 15.5 Å². The number of carbonyl (C=O) groups excluding carboxylic acids is 2. The summed E-state index contributed by atoms with van der Waals surface area (Å²) in [6.45, 7) is 6.75. The summed E-state index contributed by atoms with van der Waals surface area (Å²) in [5, 5.41) is 15.0. The molecule has 9 heteroatoms. The van der Waals surface area contributed by atoms with Crippen molar-refractivity contribution in [2.75, 3.05) is 13.1 Å². The van der Waals surface area contributed by atoms with Gasteiger partial charge in [-0.15, -0.1) is 0 Å². The summed E-state index contributed by atoms with van der Waals surface area (Å²) in [7, 11) is 0. The molecule has 0 aromatic heterocycles. The number of urea groups is 1. The number of hydrogen-bond donors (Lipinski definition) is 3. The lowest BCUT2D eigenvalue weighted by Gasteiger charge is -2.20. The van der Waals surface area contributed by atoms with Gasteiger partial charge in [-0.25, -0.2) is 4.79 Å². The van der Waals surface area contributed by atoms with E-state index in [4.69, 9.17) is 15.5 Å². The Morgan fingerprint density at radius 3 is 2.66 bits per heavy atom. The van der Waals surface area contributed by atoms with E-state index in [1.165, 1.54) is 6.07 Å². The van der Waals surface area contributed by atoms with Crippen molar-refractivity contribution in [3.8, 4) is 11.8 Å². The van der Waals surface area contributed by atoms with Crippen molar-refractivity contribution >= 4 is 17.8 Å². The molecule has 38 heavy (non-hydrogen) atoms. The molecule has 3 amide bonds. The first-order chi connectivity index (χ1) is 18.2. The second kappa shape index (κ2) is 11.6. The number of nitrogens with two attached hydrogens (primary N) is 1. The molecule has 0 radical (unpaired) electrons. The fourth-order valence-corrected chi connectivity index (χ4v) is 4.48. The fraction of sp³-hybridized carbons (Fsp3) is 0.310. The van der Waals surface area contributed by atoms with Crippen molar-refractivity contribution in [3.63, 3.8) is 0 Å². The summed E-state index contributed by atoms with van der Waals surface area (Å²) in [5.41, 5.74) is 9.14. The zero-order chi connectivity index (χ0) is 27.2. The third-order valence-corrected chi connectivity index (χ3v) is 6.31. The number of hydrogen-bond acceptors (Lipinski definition) is 6. The van der Waals surface area contributed by atoms with Gasteiger partial charge in [0.25, 0.3) is 5.91 Å². The van der Waals surface area contributed by atoms with E-state index in [0.29, 0.717) is 17.7 Å². The average Bonchev–Trinajstić information content (AvgIpc) is 3.33. The van der Waals surface area contributed by atoms with Crippen LogP contribution in [0.4, 0.5) is 4.79 Å². The number of carbonyl (C=O) groups is 2. The molecule has 2 aliphatic heterocycles. The number of ether oxygens (including phenoxy) is 1. The van der Waals surface area contributed by atoms with Gasteiger partial charge >= 0.3 is 6.03 Å². The van der Waals surface area contributed by atoms with E-state index in [9.17, 15) is 14.9 Å². The van der Waals surface area contributed by atoms with Crippen LogP contribution in [0.2, 0.25) is 0 Å². The molecule has 2 atom stereocenters. The molecule has 4 N–H and O–H groups in total. The van der Waals surface area contributed by atoms with Gasteiger partial charge in [0.1, 0.15) is 17.7 Å². The largest absolute Gasteiger partial charge is 0.490 e. The lowest BCUT2D eigenvalue weighted by atomic mass is 10.0. The summed E-state index contributed by atoms with van der Waals surface area (Å²) in [4.78, 5) is 31.4. The molecule has 1 unspecified atom stereocenters. The van der Waals surface area contributed by atoms with Crippen LogP contribution in [-0.2, 0) is 6.42 Å². The summed E-state index contributed by atoms with van der Waals surface area (Å²) in [5.74, 6) is 1.07. The number of allylic oxidation sites excluding steroid dienone is 2. The Labute approximate surface area is 222 Å². The number of nitriles is 1. The molecule has 0 bridgehead atoms. The summed E-state index contributed by atoms with van der Waals surface area (Å²) >= 11 is 0. The normalized spacial score (nSPS) is 16.7. The molecular formula is C29H32N6O3. The van der Waals surface area contributed by atoms with Crippen molar-refractivity contribution in [2.45, 2.75) is 45.4 Å². The van der Waals surface area contributed by atoms with Crippen LogP contribution in [0, 0.1) is 11.3 Å². The van der Waals surface area contributed by atoms with Gasteiger partial charge in [0, 0.05) is 18.3 Å². The molecular weight excluding hydrogens is 480 g/mol. The Hall–Kier alpha value is -4.58. The van der Waals surface area contributed by atoms with Gasteiger partial charge in [0.15, 0.2) is 0 Å². The zero-order valence-corrected chi connectivity index (χ0v) is 21.8. The SMILES string of the molecule is CC1=CC=CN2CC(c3ccc(C[C@@H](CNC(N)=O)NC(=O)c4ccc(OC(C)C)c(C#N)c4)cc3)N=C12. The van der Waals surface area contributed by atoms with Crippen LogP contribution < -0.4 is 21.1 Å². The number of rotatable bonds is 9. The van der Waals surface area contributed by atoms with Crippen LogP contribution >= 0.6 is 0 Å². The maximum atomic E-state index is 13.0. The van der Waals surface area contributed by atoms with Gasteiger partial charge in [-0.3, -0.25) is 9.79 Å². The lowest BCUT2D eigenvalue weighted by Crippen LogP contribution is -2.46. The molecule has 9 nitrogen and oxygen atoms in total.